The Kier molecular flexibility index (Phi) is 4.90. The van der Waals surface area contributed by atoms with Crippen molar-refractivity contribution in [1.82, 2.24) is 20.1 Å². The zero-order valence-corrected chi connectivity index (χ0v) is 12.0. The van der Waals surface area contributed by atoms with Crippen LogP contribution in [0.15, 0.2) is 35.1 Å². The summed E-state index contributed by atoms with van der Waals surface area (Å²) in [6, 6.07) is 8.23. The molecule has 0 saturated carbocycles. The molecule has 1 N–H and O–H groups in total. The van der Waals surface area contributed by atoms with Gasteiger partial charge in [0.2, 0.25) is 0 Å². The summed E-state index contributed by atoms with van der Waals surface area (Å²) in [5.74, 6) is 0.846. The molecule has 0 aliphatic carbocycles. The van der Waals surface area contributed by atoms with E-state index in [4.69, 9.17) is 0 Å². The maximum absolute atomic E-state index is 4.43. The second-order valence-electron chi connectivity index (χ2n) is 4.17. The number of hydrogen-bond donors (Lipinski definition) is 1. The number of rotatable bonds is 6. The third-order valence-corrected chi connectivity index (χ3v) is 3.02. The van der Waals surface area contributed by atoms with Crippen LogP contribution in [0.5, 0.6) is 0 Å². The first-order valence-electron chi connectivity index (χ1n) is 6.11. The molecule has 0 unspecified atom stereocenters. The van der Waals surface area contributed by atoms with E-state index >= 15 is 0 Å². The summed E-state index contributed by atoms with van der Waals surface area (Å²) in [5.41, 5.74) is 1.21. The van der Waals surface area contributed by atoms with Gasteiger partial charge in [-0.05, 0) is 30.7 Å². The van der Waals surface area contributed by atoms with Crippen molar-refractivity contribution in [3.05, 3.63) is 46.5 Å². The summed E-state index contributed by atoms with van der Waals surface area (Å²) in [7, 11) is 0. The first-order valence-corrected chi connectivity index (χ1v) is 6.90. The molecule has 1 heterocycles. The van der Waals surface area contributed by atoms with E-state index in [1.807, 2.05) is 16.8 Å². The first-order chi connectivity index (χ1) is 8.78. The summed E-state index contributed by atoms with van der Waals surface area (Å²) in [4.78, 5) is 4.28. The van der Waals surface area contributed by atoms with Crippen LogP contribution < -0.4 is 5.32 Å². The fraction of sp³-hybridized carbons (Fsp3) is 0.385. The molecular formula is C13H17BrN4. The van der Waals surface area contributed by atoms with Crippen LogP contribution in [0, 0.1) is 0 Å². The number of aromatic nitrogens is 3. The van der Waals surface area contributed by atoms with Crippen LogP contribution in [0.4, 0.5) is 0 Å². The molecule has 0 aliphatic rings. The highest BCUT2D eigenvalue weighted by atomic mass is 79.9. The molecule has 2 rings (SSSR count). The van der Waals surface area contributed by atoms with E-state index in [-0.39, 0.29) is 0 Å². The Balaban J connectivity index is 1.94. The smallest absolute Gasteiger partial charge is 0.164 e. The molecule has 5 heteroatoms. The summed E-state index contributed by atoms with van der Waals surface area (Å²) in [6.07, 6.45) is 2.91. The van der Waals surface area contributed by atoms with Gasteiger partial charge < -0.3 is 5.32 Å². The molecule has 1 aromatic carbocycles. The van der Waals surface area contributed by atoms with Gasteiger partial charge in [0.25, 0.3) is 0 Å². The molecule has 18 heavy (non-hydrogen) atoms. The lowest BCUT2D eigenvalue weighted by molar-refractivity contribution is 0.625. The van der Waals surface area contributed by atoms with Crippen molar-refractivity contribution in [3.8, 4) is 0 Å². The van der Waals surface area contributed by atoms with Crippen molar-refractivity contribution in [3.63, 3.8) is 0 Å². The van der Waals surface area contributed by atoms with Gasteiger partial charge in [0.1, 0.15) is 6.33 Å². The Bertz CT molecular complexity index is 495. The molecule has 0 spiro atoms. The van der Waals surface area contributed by atoms with Gasteiger partial charge in [-0.15, -0.1) is 0 Å². The summed E-state index contributed by atoms with van der Waals surface area (Å²) < 4.78 is 2.95. The van der Waals surface area contributed by atoms with E-state index in [1.54, 1.807) is 6.33 Å². The van der Waals surface area contributed by atoms with E-state index < -0.39 is 0 Å². The van der Waals surface area contributed by atoms with Crippen LogP contribution in [0.25, 0.3) is 0 Å². The summed E-state index contributed by atoms with van der Waals surface area (Å²) in [6.45, 7) is 4.63. The first kappa shape index (κ1) is 13.2. The predicted molar refractivity (Wildman–Crippen MR) is 75.3 cm³/mol. The van der Waals surface area contributed by atoms with Crippen LogP contribution in [0.1, 0.15) is 24.7 Å². The van der Waals surface area contributed by atoms with Crippen molar-refractivity contribution in [2.45, 2.75) is 26.4 Å². The molecule has 0 radical (unpaired) electrons. The Morgan fingerprint density at radius 3 is 3.06 bits per heavy atom. The minimum Gasteiger partial charge on any atom is -0.310 e. The molecule has 0 atom stereocenters. The standard InChI is InChI=1S/C13H17BrN4/c1-2-6-15-8-13-16-10-18(17-13)9-11-4-3-5-12(14)7-11/h3-5,7,10,15H,2,6,8-9H2,1H3. The van der Waals surface area contributed by atoms with Crippen molar-refractivity contribution >= 4 is 15.9 Å². The highest BCUT2D eigenvalue weighted by molar-refractivity contribution is 9.10. The van der Waals surface area contributed by atoms with Crippen molar-refractivity contribution in [2.24, 2.45) is 0 Å². The van der Waals surface area contributed by atoms with Crippen molar-refractivity contribution in [2.75, 3.05) is 6.54 Å². The predicted octanol–water partition coefficient (Wildman–Crippen LogP) is 2.59. The lowest BCUT2D eigenvalue weighted by atomic mass is 10.2. The highest BCUT2D eigenvalue weighted by Crippen LogP contribution is 2.12. The Morgan fingerprint density at radius 2 is 2.28 bits per heavy atom. The quantitative estimate of drug-likeness (QED) is 0.834. The maximum atomic E-state index is 4.43. The molecule has 0 amide bonds. The van der Waals surface area contributed by atoms with Gasteiger partial charge in [-0.2, -0.15) is 5.10 Å². The highest BCUT2D eigenvalue weighted by Gasteiger charge is 2.01. The number of nitrogens with zero attached hydrogens (tertiary/aromatic N) is 3. The van der Waals surface area contributed by atoms with Gasteiger partial charge in [0.05, 0.1) is 13.1 Å². The number of hydrogen-bond acceptors (Lipinski definition) is 3. The second-order valence-corrected chi connectivity index (χ2v) is 5.08. The van der Waals surface area contributed by atoms with Crippen LogP contribution >= 0.6 is 15.9 Å². The molecule has 4 nitrogen and oxygen atoms in total. The number of nitrogens with one attached hydrogen (secondary N) is 1. The van der Waals surface area contributed by atoms with Gasteiger partial charge in [-0.1, -0.05) is 35.0 Å². The molecule has 0 saturated heterocycles. The fourth-order valence-electron chi connectivity index (χ4n) is 1.69. The average Bonchev–Trinajstić information content (AvgIpc) is 2.77. The van der Waals surface area contributed by atoms with Gasteiger partial charge in [0.15, 0.2) is 5.82 Å². The van der Waals surface area contributed by atoms with Crippen molar-refractivity contribution < 1.29 is 0 Å². The van der Waals surface area contributed by atoms with Crippen LogP contribution in [0.2, 0.25) is 0 Å². The Labute approximate surface area is 116 Å². The largest absolute Gasteiger partial charge is 0.310 e. The van der Waals surface area contributed by atoms with Gasteiger partial charge >= 0.3 is 0 Å². The monoisotopic (exact) mass is 308 g/mol. The normalized spacial score (nSPS) is 10.8. The number of halogens is 1. The molecule has 0 aliphatic heterocycles. The van der Waals surface area contributed by atoms with Crippen molar-refractivity contribution in [1.29, 1.82) is 0 Å². The lowest BCUT2D eigenvalue weighted by Gasteiger charge is -2.01. The maximum Gasteiger partial charge on any atom is 0.164 e. The van der Waals surface area contributed by atoms with E-state index in [0.717, 1.165) is 36.4 Å². The molecular weight excluding hydrogens is 292 g/mol. The van der Waals surface area contributed by atoms with E-state index in [0.29, 0.717) is 0 Å². The molecule has 2 aromatic rings. The van der Waals surface area contributed by atoms with Gasteiger partial charge in [-0.25, -0.2) is 9.67 Å². The zero-order valence-electron chi connectivity index (χ0n) is 10.4. The molecule has 1 aromatic heterocycles. The second kappa shape index (κ2) is 6.66. The van der Waals surface area contributed by atoms with E-state index in [9.17, 15) is 0 Å². The third kappa shape index (κ3) is 3.92. The summed E-state index contributed by atoms with van der Waals surface area (Å²) >= 11 is 3.47. The average molecular weight is 309 g/mol. The van der Waals surface area contributed by atoms with Gasteiger partial charge in [0, 0.05) is 4.47 Å². The van der Waals surface area contributed by atoms with Crippen LogP contribution in [-0.4, -0.2) is 21.3 Å². The topological polar surface area (TPSA) is 42.7 Å². The third-order valence-electron chi connectivity index (χ3n) is 2.53. The van der Waals surface area contributed by atoms with E-state index in [2.05, 4.69) is 50.4 Å². The Morgan fingerprint density at radius 1 is 1.39 bits per heavy atom. The molecule has 0 fully saturated rings. The summed E-state index contributed by atoms with van der Waals surface area (Å²) in [5, 5.41) is 7.73. The fourth-order valence-corrected chi connectivity index (χ4v) is 2.14. The van der Waals surface area contributed by atoms with Gasteiger partial charge in [-0.3, -0.25) is 0 Å². The SMILES string of the molecule is CCCNCc1ncn(Cc2cccc(Br)c2)n1. The van der Waals surface area contributed by atoms with Crippen LogP contribution in [0.3, 0.4) is 0 Å². The lowest BCUT2D eigenvalue weighted by Crippen LogP contribution is -2.15. The minimum atomic E-state index is 0.735. The zero-order chi connectivity index (χ0) is 12.8. The minimum absolute atomic E-state index is 0.735. The molecule has 0 bridgehead atoms. The molecule has 96 valence electrons. The number of benzene rings is 1. The van der Waals surface area contributed by atoms with E-state index in [1.165, 1.54) is 5.56 Å². The Hall–Kier alpha value is -1.20. The van der Waals surface area contributed by atoms with Crippen LogP contribution in [-0.2, 0) is 13.1 Å².